The van der Waals surface area contributed by atoms with E-state index in [-0.39, 0.29) is 5.56 Å². The van der Waals surface area contributed by atoms with Crippen LogP contribution in [0.5, 0.6) is 0 Å². The molecule has 0 unspecified atom stereocenters. The van der Waals surface area contributed by atoms with Crippen molar-refractivity contribution in [2.45, 2.75) is 0 Å². The summed E-state index contributed by atoms with van der Waals surface area (Å²) in [4.78, 5) is 18.4. The van der Waals surface area contributed by atoms with Gasteiger partial charge in [-0.2, -0.15) is 0 Å². The molecule has 140 valence electrons. The van der Waals surface area contributed by atoms with Gasteiger partial charge >= 0.3 is 0 Å². The summed E-state index contributed by atoms with van der Waals surface area (Å²) in [6, 6.07) is 26.4. The van der Waals surface area contributed by atoms with Gasteiger partial charge in [0, 0.05) is 16.0 Å². The van der Waals surface area contributed by atoms with E-state index >= 15 is 0 Å². The van der Waals surface area contributed by atoms with Crippen LogP contribution in [0.2, 0.25) is 10.0 Å². The average molecular weight is 417 g/mol. The molecule has 3 nitrogen and oxygen atoms in total. The summed E-state index contributed by atoms with van der Waals surface area (Å²) < 4.78 is 1.64. The molecule has 1 heterocycles. The summed E-state index contributed by atoms with van der Waals surface area (Å²) in [5.74, 6) is 0.478. The smallest absolute Gasteiger partial charge is 0.266 e. The lowest BCUT2D eigenvalue weighted by atomic mass is 10.1. The third-order valence-electron chi connectivity index (χ3n) is 4.96. The summed E-state index contributed by atoms with van der Waals surface area (Å²) >= 11 is 12.6. The monoisotopic (exact) mass is 416 g/mol. The molecule has 0 atom stereocenters. The number of halogens is 2. The second-order valence-electron chi connectivity index (χ2n) is 6.72. The van der Waals surface area contributed by atoms with Crippen LogP contribution in [-0.4, -0.2) is 9.55 Å². The maximum atomic E-state index is 13.6. The molecule has 0 amide bonds. The maximum Gasteiger partial charge on any atom is 0.266 e. The largest absolute Gasteiger partial charge is 0.268 e. The topological polar surface area (TPSA) is 34.9 Å². The van der Waals surface area contributed by atoms with Crippen LogP contribution in [-0.2, 0) is 0 Å². The Hall–Kier alpha value is -3.14. The van der Waals surface area contributed by atoms with Crippen LogP contribution in [0.1, 0.15) is 0 Å². The minimum Gasteiger partial charge on any atom is -0.268 e. The van der Waals surface area contributed by atoms with Gasteiger partial charge in [0.25, 0.3) is 5.56 Å². The first-order chi connectivity index (χ1) is 14.1. The molecule has 0 fully saturated rings. The maximum absolute atomic E-state index is 13.6. The van der Waals surface area contributed by atoms with Crippen molar-refractivity contribution in [3.63, 3.8) is 0 Å². The van der Waals surface area contributed by atoms with Crippen LogP contribution < -0.4 is 5.56 Å². The molecule has 5 aromatic rings. The fourth-order valence-corrected chi connectivity index (χ4v) is 4.10. The predicted molar refractivity (Wildman–Crippen MR) is 120 cm³/mol. The molecule has 0 radical (unpaired) electrons. The number of para-hydroxylation sites is 1. The Bertz CT molecular complexity index is 1450. The number of fused-ring (bicyclic) bond motifs is 2. The zero-order valence-corrected chi connectivity index (χ0v) is 16.7. The lowest BCUT2D eigenvalue weighted by Gasteiger charge is -2.16. The molecule has 0 bridgehead atoms. The van der Waals surface area contributed by atoms with Crippen molar-refractivity contribution in [1.29, 1.82) is 0 Å². The second kappa shape index (κ2) is 7.03. The summed E-state index contributed by atoms with van der Waals surface area (Å²) in [5, 5.41) is 3.51. The standard InChI is InChI=1S/C24H14Cl2N2O/c25-16-12-13-18(20(26)14-16)23-27-21-10-4-3-9-19(21)24(29)28(23)22-11-5-7-15-6-1-2-8-17(15)22/h1-14H. The van der Waals surface area contributed by atoms with E-state index in [1.54, 1.807) is 28.8 Å². The molecular weight excluding hydrogens is 403 g/mol. The number of hydrogen-bond acceptors (Lipinski definition) is 2. The van der Waals surface area contributed by atoms with Crippen LogP contribution in [0.15, 0.2) is 89.7 Å². The molecule has 5 rings (SSSR count). The van der Waals surface area contributed by atoms with Gasteiger partial charge in [-0.15, -0.1) is 0 Å². The molecule has 0 saturated carbocycles. The van der Waals surface area contributed by atoms with E-state index in [0.717, 1.165) is 16.5 Å². The molecule has 1 aromatic heterocycles. The Labute approximate surface area is 176 Å². The van der Waals surface area contributed by atoms with Gasteiger partial charge in [0.2, 0.25) is 0 Å². The van der Waals surface area contributed by atoms with Crippen LogP contribution in [0.4, 0.5) is 0 Å². The molecule has 0 aliphatic heterocycles. The number of rotatable bonds is 2. The van der Waals surface area contributed by atoms with E-state index in [1.165, 1.54) is 0 Å². The molecule has 0 spiro atoms. The van der Waals surface area contributed by atoms with Gasteiger partial charge in [0.05, 0.1) is 21.6 Å². The first kappa shape index (κ1) is 17.9. The Morgan fingerprint density at radius 1 is 0.759 bits per heavy atom. The van der Waals surface area contributed by atoms with Crippen LogP contribution in [0.25, 0.3) is 38.8 Å². The van der Waals surface area contributed by atoms with E-state index in [0.29, 0.717) is 32.3 Å². The molecule has 0 N–H and O–H groups in total. The fraction of sp³-hybridized carbons (Fsp3) is 0. The zero-order chi connectivity index (χ0) is 20.0. The van der Waals surface area contributed by atoms with E-state index in [2.05, 4.69) is 0 Å². The molecule has 0 aliphatic rings. The van der Waals surface area contributed by atoms with E-state index in [4.69, 9.17) is 28.2 Å². The second-order valence-corrected chi connectivity index (χ2v) is 7.56. The minimum absolute atomic E-state index is 0.145. The first-order valence-electron chi connectivity index (χ1n) is 9.09. The molecule has 0 aliphatic carbocycles. The molecular formula is C24H14Cl2N2O. The van der Waals surface area contributed by atoms with Gasteiger partial charge in [0.15, 0.2) is 0 Å². The van der Waals surface area contributed by atoms with E-state index < -0.39 is 0 Å². The van der Waals surface area contributed by atoms with Crippen LogP contribution >= 0.6 is 23.2 Å². The Balaban J connectivity index is 1.96. The summed E-state index contributed by atoms with van der Waals surface area (Å²) in [6.07, 6.45) is 0. The Morgan fingerprint density at radius 2 is 1.48 bits per heavy atom. The first-order valence-corrected chi connectivity index (χ1v) is 9.84. The van der Waals surface area contributed by atoms with Crippen molar-refractivity contribution in [3.05, 3.63) is 105 Å². The summed E-state index contributed by atoms with van der Waals surface area (Å²) in [5.41, 5.74) is 1.88. The zero-order valence-electron chi connectivity index (χ0n) is 15.1. The van der Waals surface area contributed by atoms with E-state index in [9.17, 15) is 4.79 Å². The highest BCUT2D eigenvalue weighted by molar-refractivity contribution is 6.36. The summed E-state index contributed by atoms with van der Waals surface area (Å²) in [7, 11) is 0. The predicted octanol–water partition coefficient (Wildman–Crippen LogP) is 6.51. The Morgan fingerprint density at radius 3 is 2.31 bits per heavy atom. The van der Waals surface area contributed by atoms with Crippen molar-refractivity contribution >= 4 is 44.9 Å². The van der Waals surface area contributed by atoms with Crippen LogP contribution in [0, 0.1) is 0 Å². The molecule has 4 aromatic carbocycles. The lowest BCUT2D eigenvalue weighted by Crippen LogP contribution is -2.22. The van der Waals surface area contributed by atoms with Gasteiger partial charge in [-0.05, 0) is 41.8 Å². The van der Waals surface area contributed by atoms with Gasteiger partial charge in [0.1, 0.15) is 5.82 Å². The molecule has 5 heteroatoms. The van der Waals surface area contributed by atoms with Crippen molar-refractivity contribution in [2.75, 3.05) is 0 Å². The lowest BCUT2D eigenvalue weighted by molar-refractivity contribution is 0.984. The quantitative estimate of drug-likeness (QED) is 0.328. The highest BCUT2D eigenvalue weighted by Crippen LogP contribution is 2.32. The number of hydrogen-bond donors (Lipinski definition) is 0. The highest BCUT2D eigenvalue weighted by Gasteiger charge is 2.18. The van der Waals surface area contributed by atoms with Crippen molar-refractivity contribution in [2.24, 2.45) is 0 Å². The normalized spacial score (nSPS) is 11.2. The van der Waals surface area contributed by atoms with Crippen molar-refractivity contribution in [1.82, 2.24) is 9.55 Å². The molecule has 29 heavy (non-hydrogen) atoms. The average Bonchev–Trinajstić information content (AvgIpc) is 2.74. The third kappa shape index (κ3) is 3.00. The molecule has 0 saturated heterocycles. The highest BCUT2D eigenvalue weighted by atomic mass is 35.5. The van der Waals surface area contributed by atoms with Gasteiger partial charge in [-0.1, -0.05) is 71.7 Å². The minimum atomic E-state index is -0.145. The number of nitrogens with zero attached hydrogens (tertiary/aromatic N) is 2. The number of aromatic nitrogens is 2. The van der Waals surface area contributed by atoms with Crippen molar-refractivity contribution in [3.8, 4) is 17.1 Å². The third-order valence-corrected chi connectivity index (χ3v) is 5.50. The van der Waals surface area contributed by atoms with Crippen LogP contribution in [0.3, 0.4) is 0 Å². The van der Waals surface area contributed by atoms with Gasteiger partial charge in [-0.3, -0.25) is 9.36 Å². The fourth-order valence-electron chi connectivity index (χ4n) is 3.61. The SMILES string of the molecule is O=c1c2ccccc2nc(-c2ccc(Cl)cc2Cl)n1-c1cccc2ccccc12. The number of benzene rings is 4. The van der Waals surface area contributed by atoms with Crippen molar-refractivity contribution < 1.29 is 0 Å². The van der Waals surface area contributed by atoms with Gasteiger partial charge in [-0.25, -0.2) is 4.98 Å². The van der Waals surface area contributed by atoms with Gasteiger partial charge < -0.3 is 0 Å². The Kier molecular flexibility index (Phi) is 4.35. The van der Waals surface area contributed by atoms with E-state index in [1.807, 2.05) is 60.7 Å². The summed E-state index contributed by atoms with van der Waals surface area (Å²) in [6.45, 7) is 0.